The van der Waals surface area contributed by atoms with E-state index in [1.54, 1.807) is 0 Å². The molecule has 0 heterocycles. The van der Waals surface area contributed by atoms with Crippen LogP contribution >= 0.6 is 0 Å². The molecule has 15 heavy (non-hydrogen) atoms. The number of rotatable bonds is 9. The second-order valence-electron chi connectivity index (χ2n) is 5.44. The molecule has 92 valence electrons. The fraction of sp³-hybridized carbons (Fsp3) is 1.00. The fourth-order valence-electron chi connectivity index (χ4n) is 2.03. The van der Waals surface area contributed by atoms with Gasteiger partial charge in [0.15, 0.2) is 0 Å². The van der Waals surface area contributed by atoms with Crippen molar-refractivity contribution in [3.05, 3.63) is 0 Å². The van der Waals surface area contributed by atoms with Crippen LogP contribution in [-0.4, -0.2) is 12.6 Å². The van der Waals surface area contributed by atoms with Crippen LogP contribution in [0.5, 0.6) is 0 Å². The Hall–Kier alpha value is -0.0400. The average Bonchev–Trinajstić information content (AvgIpc) is 2.15. The number of unbranched alkanes of at least 4 members (excludes halogenated alkanes) is 2. The van der Waals surface area contributed by atoms with Crippen LogP contribution in [0.3, 0.4) is 0 Å². The lowest BCUT2D eigenvalue weighted by atomic mass is 9.96. The molecule has 0 rings (SSSR count). The zero-order valence-corrected chi connectivity index (χ0v) is 11.5. The Morgan fingerprint density at radius 2 is 1.47 bits per heavy atom. The highest BCUT2D eigenvalue weighted by Crippen LogP contribution is 2.14. The molecule has 0 aromatic heterocycles. The third kappa shape index (κ3) is 8.92. The molecule has 0 saturated heterocycles. The van der Waals surface area contributed by atoms with E-state index in [0.29, 0.717) is 0 Å². The Bertz CT molecular complexity index is 129. The highest BCUT2D eigenvalue weighted by Gasteiger charge is 2.10. The first-order valence-electron chi connectivity index (χ1n) is 6.81. The van der Waals surface area contributed by atoms with E-state index in [4.69, 9.17) is 0 Å². The van der Waals surface area contributed by atoms with Gasteiger partial charge in [-0.15, -0.1) is 0 Å². The molecule has 0 aliphatic carbocycles. The van der Waals surface area contributed by atoms with Gasteiger partial charge in [0.25, 0.3) is 0 Å². The van der Waals surface area contributed by atoms with Crippen LogP contribution in [0.25, 0.3) is 0 Å². The van der Waals surface area contributed by atoms with Crippen LogP contribution < -0.4 is 5.32 Å². The van der Waals surface area contributed by atoms with Crippen LogP contribution in [0.1, 0.15) is 66.7 Å². The van der Waals surface area contributed by atoms with E-state index in [2.05, 4.69) is 39.9 Å². The zero-order chi connectivity index (χ0) is 11.7. The van der Waals surface area contributed by atoms with Crippen molar-refractivity contribution in [3.63, 3.8) is 0 Å². The molecule has 0 bridgehead atoms. The molecule has 1 nitrogen and oxygen atoms in total. The zero-order valence-electron chi connectivity index (χ0n) is 11.5. The molecule has 1 heteroatoms. The minimum Gasteiger partial charge on any atom is -0.314 e. The molecule has 1 N–H and O–H groups in total. The van der Waals surface area contributed by atoms with Gasteiger partial charge in [-0.25, -0.2) is 0 Å². The molecule has 0 aliphatic heterocycles. The molecule has 0 fully saturated rings. The molecule has 1 unspecified atom stereocenters. The number of hydrogen-bond donors (Lipinski definition) is 1. The summed E-state index contributed by atoms with van der Waals surface area (Å²) in [6.07, 6.45) is 6.96. The lowest BCUT2D eigenvalue weighted by molar-refractivity contribution is 0.368. The van der Waals surface area contributed by atoms with Gasteiger partial charge in [-0.1, -0.05) is 60.3 Å². The minimum atomic E-state index is 0.731. The molecule has 0 aromatic rings. The van der Waals surface area contributed by atoms with Gasteiger partial charge in [-0.3, -0.25) is 0 Å². The van der Waals surface area contributed by atoms with Crippen LogP contribution in [0.4, 0.5) is 0 Å². The van der Waals surface area contributed by atoms with Gasteiger partial charge in [0.1, 0.15) is 0 Å². The van der Waals surface area contributed by atoms with Crippen molar-refractivity contribution in [1.29, 1.82) is 0 Å². The first kappa shape index (κ1) is 15.0. The molecule has 0 saturated carbocycles. The van der Waals surface area contributed by atoms with Gasteiger partial charge >= 0.3 is 0 Å². The molecule has 0 radical (unpaired) electrons. The van der Waals surface area contributed by atoms with Gasteiger partial charge in [0, 0.05) is 6.04 Å². The maximum absolute atomic E-state index is 3.58. The van der Waals surface area contributed by atoms with E-state index in [1.165, 1.54) is 32.1 Å². The summed E-state index contributed by atoms with van der Waals surface area (Å²) in [6, 6.07) is 0.731. The molecule has 0 aromatic carbocycles. The van der Waals surface area contributed by atoms with Gasteiger partial charge in [0.2, 0.25) is 0 Å². The molecule has 0 spiro atoms. The first-order valence-corrected chi connectivity index (χ1v) is 6.81. The minimum absolute atomic E-state index is 0.731. The monoisotopic (exact) mass is 213 g/mol. The van der Waals surface area contributed by atoms with Crippen molar-refractivity contribution in [1.82, 2.24) is 5.32 Å². The molecule has 0 amide bonds. The van der Waals surface area contributed by atoms with Crippen LogP contribution in [0.15, 0.2) is 0 Å². The summed E-state index contributed by atoms with van der Waals surface area (Å²) in [4.78, 5) is 0. The Kier molecular flexibility index (Phi) is 9.18. The van der Waals surface area contributed by atoms with Crippen molar-refractivity contribution in [2.24, 2.45) is 11.8 Å². The van der Waals surface area contributed by atoms with Crippen molar-refractivity contribution < 1.29 is 0 Å². The van der Waals surface area contributed by atoms with E-state index in [9.17, 15) is 0 Å². The lowest BCUT2D eigenvalue weighted by Gasteiger charge is -2.21. The predicted molar refractivity (Wildman–Crippen MR) is 70.2 cm³/mol. The maximum atomic E-state index is 3.58. The SMILES string of the molecule is CCNC(CCCCCC(C)C)C(C)C. The van der Waals surface area contributed by atoms with E-state index in [1.807, 2.05) is 0 Å². The number of hydrogen-bond acceptors (Lipinski definition) is 1. The van der Waals surface area contributed by atoms with Gasteiger partial charge in [0.05, 0.1) is 0 Å². The molecular formula is C14H31N. The Morgan fingerprint density at radius 3 is 1.93 bits per heavy atom. The topological polar surface area (TPSA) is 12.0 Å². The number of nitrogens with one attached hydrogen (secondary N) is 1. The highest BCUT2D eigenvalue weighted by atomic mass is 14.9. The van der Waals surface area contributed by atoms with Crippen LogP contribution in [0, 0.1) is 11.8 Å². The Labute approximate surface area is 97.0 Å². The maximum Gasteiger partial charge on any atom is 0.00899 e. The predicted octanol–water partition coefficient (Wildman–Crippen LogP) is 4.23. The average molecular weight is 213 g/mol. The van der Waals surface area contributed by atoms with Gasteiger partial charge < -0.3 is 5.32 Å². The summed E-state index contributed by atoms with van der Waals surface area (Å²) in [5, 5.41) is 3.58. The first-order chi connectivity index (χ1) is 7.07. The van der Waals surface area contributed by atoms with Crippen molar-refractivity contribution >= 4 is 0 Å². The van der Waals surface area contributed by atoms with Gasteiger partial charge in [-0.2, -0.15) is 0 Å². The summed E-state index contributed by atoms with van der Waals surface area (Å²) in [6.45, 7) is 12.6. The summed E-state index contributed by atoms with van der Waals surface area (Å²) in [7, 11) is 0. The summed E-state index contributed by atoms with van der Waals surface area (Å²) in [5.41, 5.74) is 0. The largest absolute Gasteiger partial charge is 0.314 e. The normalized spacial score (nSPS) is 13.8. The van der Waals surface area contributed by atoms with Crippen LogP contribution in [-0.2, 0) is 0 Å². The third-order valence-electron chi connectivity index (χ3n) is 3.07. The second kappa shape index (κ2) is 9.21. The second-order valence-corrected chi connectivity index (χ2v) is 5.44. The lowest BCUT2D eigenvalue weighted by Crippen LogP contribution is -2.33. The Morgan fingerprint density at radius 1 is 0.867 bits per heavy atom. The van der Waals surface area contributed by atoms with Crippen molar-refractivity contribution in [3.8, 4) is 0 Å². The fourth-order valence-corrected chi connectivity index (χ4v) is 2.03. The van der Waals surface area contributed by atoms with Crippen molar-refractivity contribution in [2.75, 3.05) is 6.54 Å². The summed E-state index contributed by atoms with van der Waals surface area (Å²) in [5.74, 6) is 1.65. The summed E-state index contributed by atoms with van der Waals surface area (Å²) < 4.78 is 0. The van der Waals surface area contributed by atoms with E-state index < -0.39 is 0 Å². The van der Waals surface area contributed by atoms with Gasteiger partial charge in [-0.05, 0) is 24.8 Å². The third-order valence-corrected chi connectivity index (χ3v) is 3.07. The van der Waals surface area contributed by atoms with E-state index >= 15 is 0 Å². The van der Waals surface area contributed by atoms with Crippen molar-refractivity contribution in [2.45, 2.75) is 72.8 Å². The smallest absolute Gasteiger partial charge is 0.00899 e. The molecular weight excluding hydrogens is 182 g/mol. The highest BCUT2D eigenvalue weighted by molar-refractivity contribution is 4.69. The van der Waals surface area contributed by atoms with Crippen LogP contribution in [0.2, 0.25) is 0 Å². The standard InChI is InChI=1S/C14H31N/c1-6-15-14(13(4)5)11-9-7-8-10-12(2)3/h12-15H,6-11H2,1-5H3. The summed E-state index contributed by atoms with van der Waals surface area (Å²) >= 11 is 0. The van der Waals surface area contributed by atoms with E-state index in [0.717, 1.165) is 24.4 Å². The van der Waals surface area contributed by atoms with E-state index in [-0.39, 0.29) is 0 Å². The molecule has 0 aliphatic rings. The quantitative estimate of drug-likeness (QED) is 0.565. The Balaban J connectivity index is 3.45. The molecule has 1 atom stereocenters.